The highest BCUT2D eigenvalue weighted by Crippen LogP contribution is 2.37. The molecule has 3 heterocycles. The summed E-state index contributed by atoms with van der Waals surface area (Å²) < 4.78 is 11.9. The van der Waals surface area contributed by atoms with Crippen LogP contribution in [-0.4, -0.2) is 84.7 Å². The van der Waals surface area contributed by atoms with Gasteiger partial charge in [-0.25, -0.2) is 4.79 Å². The Hall–Kier alpha value is -3.79. The molecule has 1 aromatic heterocycles. The number of carbonyl (C=O) groups is 2. The van der Waals surface area contributed by atoms with E-state index in [0.717, 1.165) is 52.0 Å². The van der Waals surface area contributed by atoms with Gasteiger partial charge in [0.15, 0.2) is 0 Å². The van der Waals surface area contributed by atoms with Gasteiger partial charge in [0.25, 0.3) is 5.91 Å². The third-order valence-corrected chi connectivity index (χ3v) is 6.96. The van der Waals surface area contributed by atoms with E-state index < -0.39 is 6.09 Å². The van der Waals surface area contributed by atoms with Gasteiger partial charge in [-0.05, 0) is 42.3 Å². The van der Waals surface area contributed by atoms with E-state index in [-0.39, 0.29) is 12.0 Å². The Morgan fingerprint density at radius 3 is 2.56 bits per heavy atom. The largest absolute Gasteiger partial charge is 0.489 e. The SMILES string of the molecule is CNC(=O)c1ccc(-c2cc(OC3CCOCC3)c3c(C)n[nH]c3c2)cc1N1CCN(C(=O)O)CC1. The van der Waals surface area contributed by atoms with Crippen LogP contribution >= 0.6 is 0 Å². The number of hydrogen-bond acceptors (Lipinski definition) is 6. The molecule has 190 valence electrons. The highest BCUT2D eigenvalue weighted by Gasteiger charge is 2.25. The lowest BCUT2D eigenvalue weighted by Gasteiger charge is -2.35. The number of H-pyrrole nitrogens is 1. The topological polar surface area (TPSA) is 120 Å². The number of rotatable bonds is 5. The number of carbonyl (C=O) groups excluding carboxylic acids is 1. The van der Waals surface area contributed by atoms with Crippen LogP contribution in [0.5, 0.6) is 5.75 Å². The molecule has 5 rings (SSSR count). The molecular formula is C26H31N5O5. The van der Waals surface area contributed by atoms with Gasteiger partial charge in [-0.15, -0.1) is 0 Å². The van der Waals surface area contributed by atoms with Gasteiger partial charge in [0.05, 0.1) is 41.1 Å². The third-order valence-electron chi connectivity index (χ3n) is 6.96. The van der Waals surface area contributed by atoms with Crippen LogP contribution in [0.4, 0.5) is 10.5 Å². The molecule has 2 saturated heterocycles. The summed E-state index contributed by atoms with van der Waals surface area (Å²) >= 11 is 0. The number of nitrogens with zero attached hydrogens (tertiary/aromatic N) is 3. The molecule has 36 heavy (non-hydrogen) atoms. The first kappa shape index (κ1) is 23.9. The van der Waals surface area contributed by atoms with Crippen molar-refractivity contribution >= 4 is 28.6 Å². The van der Waals surface area contributed by atoms with E-state index in [0.29, 0.717) is 45.0 Å². The fourth-order valence-electron chi connectivity index (χ4n) is 4.95. The Morgan fingerprint density at radius 2 is 1.86 bits per heavy atom. The van der Waals surface area contributed by atoms with Gasteiger partial charge in [0.1, 0.15) is 11.9 Å². The molecule has 3 N–H and O–H groups in total. The Balaban J connectivity index is 1.53. The lowest BCUT2D eigenvalue weighted by molar-refractivity contribution is 0.0262. The Bertz CT molecular complexity index is 1280. The monoisotopic (exact) mass is 493 g/mol. The number of anilines is 1. The maximum Gasteiger partial charge on any atom is 0.407 e. The van der Waals surface area contributed by atoms with Crippen LogP contribution in [-0.2, 0) is 4.74 Å². The Kier molecular flexibility index (Phi) is 6.69. The quantitative estimate of drug-likeness (QED) is 0.499. The van der Waals surface area contributed by atoms with Crippen molar-refractivity contribution in [3.8, 4) is 16.9 Å². The summed E-state index contributed by atoms with van der Waals surface area (Å²) in [5.74, 6) is 0.605. The molecule has 0 radical (unpaired) electrons. The predicted molar refractivity (Wildman–Crippen MR) is 136 cm³/mol. The number of piperazine rings is 1. The number of aromatic nitrogens is 2. The maximum absolute atomic E-state index is 12.7. The summed E-state index contributed by atoms with van der Waals surface area (Å²) in [6.07, 6.45) is 0.851. The van der Waals surface area contributed by atoms with Crippen molar-refractivity contribution in [2.45, 2.75) is 25.9 Å². The summed E-state index contributed by atoms with van der Waals surface area (Å²) in [6.45, 7) is 5.13. The second-order valence-corrected chi connectivity index (χ2v) is 9.20. The molecule has 0 atom stereocenters. The fourth-order valence-corrected chi connectivity index (χ4v) is 4.95. The van der Waals surface area contributed by atoms with Crippen molar-refractivity contribution in [1.82, 2.24) is 20.4 Å². The zero-order valence-electron chi connectivity index (χ0n) is 20.5. The molecule has 0 spiro atoms. The normalized spacial score (nSPS) is 16.8. The van der Waals surface area contributed by atoms with Crippen molar-refractivity contribution in [1.29, 1.82) is 0 Å². The lowest BCUT2D eigenvalue weighted by Crippen LogP contribution is -2.48. The zero-order chi connectivity index (χ0) is 25.2. The van der Waals surface area contributed by atoms with E-state index in [9.17, 15) is 14.7 Å². The zero-order valence-corrected chi connectivity index (χ0v) is 20.5. The average Bonchev–Trinajstić information content (AvgIpc) is 3.29. The van der Waals surface area contributed by atoms with Gasteiger partial charge in [-0.3, -0.25) is 9.89 Å². The van der Waals surface area contributed by atoms with Crippen molar-refractivity contribution in [2.24, 2.45) is 0 Å². The number of fused-ring (bicyclic) bond motifs is 1. The molecule has 0 unspecified atom stereocenters. The Labute approximate surface area is 209 Å². The summed E-state index contributed by atoms with van der Waals surface area (Å²) in [5, 5.41) is 20.5. The smallest absolute Gasteiger partial charge is 0.407 e. The third kappa shape index (κ3) is 4.68. The predicted octanol–water partition coefficient (Wildman–Crippen LogP) is 3.26. The van der Waals surface area contributed by atoms with E-state index in [1.54, 1.807) is 7.05 Å². The minimum Gasteiger partial charge on any atom is -0.489 e. The summed E-state index contributed by atoms with van der Waals surface area (Å²) in [4.78, 5) is 27.5. The summed E-state index contributed by atoms with van der Waals surface area (Å²) in [7, 11) is 1.61. The first-order valence-corrected chi connectivity index (χ1v) is 12.3. The second-order valence-electron chi connectivity index (χ2n) is 9.20. The molecular weight excluding hydrogens is 462 g/mol. The molecule has 2 aliphatic heterocycles. The number of amides is 2. The number of hydrogen-bond donors (Lipinski definition) is 3. The minimum atomic E-state index is -0.921. The number of aromatic amines is 1. The van der Waals surface area contributed by atoms with Gasteiger partial charge in [0, 0.05) is 46.1 Å². The fraction of sp³-hybridized carbons (Fsp3) is 0.423. The van der Waals surface area contributed by atoms with Gasteiger partial charge in [-0.1, -0.05) is 6.07 Å². The van der Waals surface area contributed by atoms with Gasteiger partial charge < -0.3 is 29.7 Å². The minimum absolute atomic E-state index is 0.0863. The molecule has 2 aliphatic rings. The highest BCUT2D eigenvalue weighted by atomic mass is 16.5. The number of benzene rings is 2. The molecule has 2 aromatic carbocycles. The van der Waals surface area contributed by atoms with Crippen LogP contribution < -0.4 is 15.0 Å². The molecule has 0 saturated carbocycles. The van der Waals surface area contributed by atoms with E-state index in [2.05, 4.69) is 20.4 Å². The Morgan fingerprint density at radius 1 is 1.11 bits per heavy atom. The molecule has 0 bridgehead atoms. The molecule has 10 heteroatoms. The first-order valence-electron chi connectivity index (χ1n) is 12.3. The number of ether oxygens (including phenoxy) is 2. The first-order chi connectivity index (χ1) is 17.4. The van der Waals surface area contributed by atoms with Crippen molar-refractivity contribution in [3.63, 3.8) is 0 Å². The van der Waals surface area contributed by atoms with Crippen molar-refractivity contribution in [3.05, 3.63) is 41.6 Å². The second kappa shape index (κ2) is 10.1. The van der Waals surface area contributed by atoms with Crippen LogP contribution in [0.1, 0.15) is 28.9 Å². The van der Waals surface area contributed by atoms with Crippen LogP contribution in [0.3, 0.4) is 0 Å². The average molecular weight is 494 g/mol. The van der Waals surface area contributed by atoms with Crippen LogP contribution in [0, 0.1) is 6.92 Å². The maximum atomic E-state index is 12.7. The number of nitrogens with one attached hydrogen (secondary N) is 2. The molecule has 3 aromatic rings. The van der Waals surface area contributed by atoms with Gasteiger partial charge in [-0.2, -0.15) is 5.10 Å². The lowest BCUT2D eigenvalue weighted by atomic mass is 9.99. The molecule has 10 nitrogen and oxygen atoms in total. The molecule has 2 amide bonds. The van der Waals surface area contributed by atoms with Crippen molar-refractivity contribution < 1.29 is 24.2 Å². The highest BCUT2D eigenvalue weighted by molar-refractivity contribution is 6.01. The summed E-state index contributed by atoms with van der Waals surface area (Å²) in [5.41, 5.74) is 4.99. The van der Waals surface area contributed by atoms with E-state index in [1.165, 1.54) is 4.90 Å². The molecule has 2 fully saturated rings. The standard InChI is InChI=1S/C26H31N5O5/c1-16-24-21(29-28-16)13-18(15-23(24)36-19-5-11-35-12-6-19)17-3-4-20(25(32)27-2)22(14-17)30-7-9-31(10-8-30)26(33)34/h3-4,13-15,19H,5-12H2,1-2H3,(H,27,32)(H,28,29)(H,33,34). The van der Waals surface area contributed by atoms with E-state index >= 15 is 0 Å². The summed E-state index contributed by atoms with van der Waals surface area (Å²) in [6, 6.07) is 9.86. The van der Waals surface area contributed by atoms with E-state index in [1.807, 2.05) is 37.3 Å². The van der Waals surface area contributed by atoms with Gasteiger partial charge >= 0.3 is 6.09 Å². The van der Waals surface area contributed by atoms with E-state index in [4.69, 9.17) is 9.47 Å². The number of carboxylic acid groups (broad SMARTS) is 1. The van der Waals surface area contributed by atoms with Crippen molar-refractivity contribution in [2.75, 3.05) is 51.3 Å². The van der Waals surface area contributed by atoms with Crippen LogP contribution in [0.15, 0.2) is 30.3 Å². The van der Waals surface area contributed by atoms with Gasteiger partial charge in [0.2, 0.25) is 0 Å². The molecule has 0 aliphatic carbocycles. The van der Waals surface area contributed by atoms with Crippen LogP contribution in [0.2, 0.25) is 0 Å². The number of aryl methyl sites for hydroxylation is 1. The van der Waals surface area contributed by atoms with Crippen LogP contribution in [0.25, 0.3) is 22.0 Å².